The van der Waals surface area contributed by atoms with Crippen LogP contribution in [0.15, 0.2) is 21.9 Å². The smallest absolute Gasteiger partial charge is 0.340 e. The van der Waals surface area contributed by atoms with E-state index < -0.39 is 11.9 Å². The lowest BCUT2D eigenvalue weighted by Crippen LogP contribution is -2.08. The van der Waals surface area contributed by atoms with Gasteiger partial charge in [-0.1, -0.05) is 58.2 Å². The van der Waals surface area contributed by atoms with E-state index >= 15 is 0 Å². The van der Waals surface area contributed by atoms with E-state index in [1.807, 2.05) is 0 Å². The Balaban J connectivity index is 2.18. The average molecular weight is 454 g/mol. The van der Waals surface area contributed by atoms with Crippen molar-refractivity contribution in [3.63, 3.8) is 0 Å². The number of halogens is 4. The number of carbonyl (C=O) groups excluding carboxylic acids is 2. The van der Waals surface area contributed by atoms with Gasteiger partial charge in [-0.3, -0.25) is 0 Å². The summed E-state index contributed by atoms with van der Waals surface area (Å²) in [4.78, 5) is 24.7. The van der Waals surface area contributed by atoms with E-state index in [1.165, 1.54) is 26.4 Å². The quantitative estimate of drug-likeness (QED) is 0.435. The highest BCUT2D eigenvalue weighted by Crippen LogP contribution is 2.55. The molecule has 0 saturated heterocycles. The van der Waals surface area contributed by atoms with Crippen LogP contribution in [0.5, 0.6) is 11.5 Å². The van der Waals surface area contributed by atoms with Crippen molar-refractivity contribution in [3.05, 3.63) is 43.4 Å². The predicted octanol–water partition coefficient (Wildman–Crippen LogP) is 6.13. The molecule has 5 nitrogen and oxygen atoms in total. The highest BCUT2D eigenvalue weighted by molar-refractivity contribution is 7.99. The molecule has 0 spiro atoms. The number of fused-ring (bicyclic) bond motifs is 2. The molecule has 1 aliphatic heterocycles. The molecule has 1 aliphatic rings. The molecular formula is C16H8Cl4O5S. The Morgan fingerprint density at radius 1 is 0.846 bits per heavy atom. The molecule has 2 aromatic carbocycles. The Labute approximate surface area is 172 Å². The summed E-state index contributed by atoms with van der Waals surface area (Å²) in [5.41, 5.74) is 0.0137. The Morgan fingerprint density at radius 2 is 1.23 bits per heavy atom. The topological polar surface area (TPSA) is 61.8 Å². The molecule has 2 aromatic rings. The van der Waals surface area contributed by atoms with Crippen LogP contribution in [-0.4, -0.2) is 26.2 Å². The van der Waals surface area contributed by atoms with Gasteiger partial charge in [0.2, 0.25) is 0 Å². The van der Waals surface area contributed by atoms with Crippen LogP contribution in [0.25, 0.3) is 0 Å². The number of ether oxygens (including phenoxy) is 3. The largest absolute Gasteiger partial charge is 0.465 e. The van der Waals surface area contributed by atoms with Gasteiger partial charge in [0.25, 0.3) is 0 Å². The number of methoxy groups -OCH3 is 2. The van der Waals surface area contributed by atoms with Crippen LogP contribution < -0.4 is 4.74 Å². The first kappa shape index (κ1) is 19.5. The number of benzene rings is 2. The van der Waals surface area contributed by atoms with Gasteiger partial charge in [-0.25, -0.2) is 9.59 Å². The maximum Gasteiger partial charge on any atom is 0.340 e. The molecule has 0 radical (unpaired) electrons. The first-order valence-electron chi connectivity index (χ1n) is 6.86. The Morgan fingerprint density at radius 3 is 1.58 bits per heavy atom. The Hall–Kier alpha value is -1.31. The third-order valence-electron chi connectivity index (χ3n) is 3.48. The Kier molecular flexibility index (Phi) is 5.51. The summed E-state index contributed by atoms with van der Waals surface area (Å²) in [5, 5.41) is 0.266. The first-order chi connectivity index (χ1) is 12.3. The second-order valence-electron chi connectivity index (χ2n) is 4.94. The van der Waals surface area contributed by atoms with Gasteiger partial charge in [0, 0.05) is 12.1 Å². The van der Waals surface area contributed by atoms with Crippen molar-refractivity contribution in [1.82, 2.24) is 0 Å². The van der Waals surface area contributed by atoms with E-state index in [9.17, 15) is 9.59 Å². The van der Waals surface area contributed by atoms with Crippen LogP contribution in [0, 0.1) is 0 Å². The van der Waals surface area contributed by atoms with E-state index in [4.69, 9.17) is 60.6 Å². The van der Waals surface area contributed by atoms with E-state index in [0.29, 0.717) is 21.3 Å². The fourth-order valence-electron chi connectivity index (χ4n) is 2.30. The number of carbonyl (C=O) groups is 2. The van der Waals surface area contributed by atoms with Gasteiger partial charge >= 0.3 is 11.9 Å². The van der Waals surface area contributed by atoms with Gasteiger partial charge in [-0.2, -0.15) is 0 Å². The number of hydrogen-bond donors (Lipinski definition) is 0. The van der Waals surface area contributed by atoms with Crippen LogP contribution in [0.2, 0.25) is 20.1 Å². The second-order valence-corrected chi connectivity index (χ2v) is 7.53. The number of hydrogen-bond acceptors (Lipinski definition) is 6. The monoisotopic (exact) mass is 452 g/mol. The number of rotatable bonds is 2. The van der Waals surface area contributed by atoms with E-state index in [0.717, 1.165) is 11.8 Å². The second kappa shape index (κ2) is 7.37. The normalized spacial score (nSPS) is 11.9. The summed E-state index contributed by atoms with van der Waals surface area (Å²) in [7, 11) is 2.43. The maximum absolute atomic E-state index is 11.9. The molecule has 0 unspecified atom stereocenters. The molecule has 26 heavy (non-hydrogen) atoms. The van der Waals surface area contributed by atoms with E-state index in [-0.39, 0.29) is 31.2 Å². The fraction of sp³-hybridized carbons (Fsp3) is 0.125. The predicted molar refractivity (Wildman–Crippen MR) is 99.8 cm³/mol. The van der Waals surface area contributed by atoms with E-state index in [2.05, 4.69) is 0 Å². The van der Waals surface area contributed by atoms with E-state index in [1.54, 1.807) is 0 Å². The molecule has 10 heteroatoms. The third kappa shape index (κ3) is 3.10. The molecule has 0 aromatic heterocycles. The van der Waals surface area contributed by atoms with Crippen molar-refractivity contribution in [1.29, 1.82) is 0 Å². The molecule has 0 aliphatic carbocycles. The Bertz CT molecular complexity index is 885. The summed E-state index contributed by atoms with van der Waals surface area (Å²) in [5.74, 6) is -0.732. The number of esters is 2. The lowest BCUT2D eigenvalue weighted by Gasteiger charge is -2.24. The fourth-order valence-corrected chi connectivity index (χ4v) is 4.70. The molecule has 0 amide bonds. The molecule has 3 rings (SSSR count). The molecule has 0 N–H and O–H groups in total. The van der Waals surface area contributed by atoms with Crippen LogP contribution in [0.4, 0.5) is 0 Å². The minimum Gasteiger partial charge on any atom is -0.465 e. The standard InChI is InChI=1S/C16H8Cl4O5S/c1-23-15(21)9-5(17)3-7-13(11(9)19)26-14-8(25-7)4-6(18)10(12(14)20)16(22)24-2/h3-4H,1-2H3. The van der Waals surface area contributed by atoms with Gasteiger partial charge in [0.1, 0.15) is 11.5 Å². The third-order valence-corrected chi connectivity index (χ3v) is 6.28. The van der Waals surface area contributed by atoms with Crippen molar-refractivity contribution >= 4 is 70.1 Å². The zero-order valence-corrected chi connectivity index (χ0v) is 17.0. The highest BCUT2D eigenvalue weighted by Gasteiger charge is 2.31. The van der Waals surface area contributed by atoms with Crippen molar-refractivity contribution < 1.29 is 23.8 Å². The molecule has 0 bridgehead atoms. The molecular weight excluding hydrogens is 446 g/mol. The molecule has 136 valence electrons. The SMILES string of the molecule is COC(=O)c1c(Cl)cc2c(c1Cl)Sc1c(cc(Cl)c(C(=O)OC)c1Cl)O2. The minimum atomic E-state index is -0.688. The molecule has 0 saturated carbocycles. The summed E-state index contributed by atoms with van der Waals surface area (Å²) in [6, 6.07) is 2.89. The van der Waals surface area contributed by atoms with Crippen LogP contribution in [0.3, 0.4) is 0 Å². The van der Waals surface area contributed by atoms with Gasteiger partial charge in [-0.15, -0.1) is 0 Å². The first-order valence-corrected chi connectivity index (χ1v) is 9.19. The maximum atomic E-state index is 11.9. The molecule has 0 atom stereocenters. The lowest BCUT2D eigenvalue weighted by atomic mass is 10.2. The van der Waals surface area contributed by atoms with Gasteiger partial charge in [0.15, 0.2) is 0 Å². The molecule has 0 fully saturated rings. The lowest BCUT2D eigenvalue weighted by molar-refractivity contribution is 0.0592. The summed E-state index contributed by atoms with van der Waals surface area (Å²) in [6.07, 6.45) is 0. The average Bonchev–Trinajstić information content (AvgIpc) is 2.60. The van der Waals surface area contributed by atoms with Crippen molar-refractivity contribution in [2.45, 2.75) is 9.79 Å². The minimum absolute atomic E-state index is 0.00686. The highest BCUT2D eigenvalue weighted by atomic mass is 35.5. The van der Waals surface area contributed by atoms with Gasteiger partial charge in [0.05, 0.1) is 55.2 Å². The van der Waals surface area contributed by atoms with Gasteiger partial charge in [-0.05, 0) is 0 Å². The zero-order valence-electron chi connectivity index (χ0n) is 13.1. The van der Waals surface area contributed by atoms with Crippen molar-refractivity contribution in [2.75, 3.05) is 14.2 Å². The van der Waals surface area contributed by atoms with Crippen LogP contribution >= 0.6 is 58.2 Å². The summed E-state index contributed by atoms with van der Waals surface area (Å²) >= 11 is 26.0. The van der Waals surface area contributed by atoms with Crippen LogP contribution in [-0.2, 0) is 9.47 Å². The zero-order chi connectivity index (χ0) is 19.2. The van der Waals surface area contributed by atoms with Gasteiger partial charge < -0.3 is 14.2 Å². The van der Waals surface area contributed by atoms with Crippen molar-refractivity contribution in [3.8, 4) is 11.5 Å². The van der Waals surface area contributed by atoms with Crippen molar-refractivity contribution in [2.24, 2.45) is 0 Å². The summed E-state index contributed by atoms with van der Waals surface area (Å²) < 4.78 is 15.2. The van der Waals surface area contributed by atoms with Crippen LogP contribution in [0.1, 0.15) is 20.7 Å². The summed E-state index contributed by atoms with van der Waals surface area (Å²) in [6.45, 7) is 0. The molecule has 1 heterocycles.